The van der Waals surface area contributed by atoms with Crippen molar-refractivity contribution in [2.45, 2.75) is 20.4 Å². The van der Waals surface area contributed by atoms with E-state index in [1.165, 1.54) is 22.5 Å². The van der Waals surface area contributed by atoms with Gasteiger partial charge in [-0.1, -0.05) is 23.8 Å². The maximum absolute atomic E-state index is 12.4. The van der Waals surface area contributed by atoms with Crippen molar-refractivity contribution in [3.8, 4) is 10.6 Å². The Kier molecular flexibility index (Phi) is 5.32. The average molecular weight is 366 g/mol. The summed E-state index contributed by atoms with van der Waals surface area (Å²) in [7, 11) is 3.88. The zero-order chi connectivity index (χ0) is 18.7. The van der Waals surface area contributed by atoms with Gasteiger partial charge in [-0.15, -0.1) is 11.3 Å². The minimum Gasteiger partial charge on any atom is -0.363 e. The number of carbonyl (C=O) groups is 1. The molecule has 26 heavy (non-hydrogen) atoms. The Labute approximate surface area is 157 Å². The summed E-state index contributed by atoms with van der Waals surface area (Å²) < 4.78 is 0. The molecule has 0 fully saturated rings. The van der Waals surface area contributed by atoms with E-state index in [-0.39, 0.29) is 5.91 Å². The van der Waals surface area contributed by atoms with Crippen LogP contribution in [0.25, 0.3) is 10.6 Å². The van der Waals surface area contributed by atoms with Crippen LogP contribution in [-0.2, 0) is 6.54 Å². The quantitative estimate of drug-likeness (QED) is 0.746. The molecule has 1 N–H and O–H groups in total. The second-order valence-electron chi connectivity index (χ2n) is 6.46. The van der Waals surface area contributed by atoms with E-state index >= 15 is 0 Å². The van der Waals surface area contributed by atoms with Crippen LogP contribution in [0.5, 0.6) is 0 Å². The number of nitrogens with zero attached hydrogens (tertiary/aromatic N) is 3. The molecular weight excluding hydrogens is 344 g/mol. The van der Waals surface area contributed by atoms with Crippen LogP contribution in [0.2, 0.25) is 0 Å². The number of thiazole rings is 1. The van der Waals surface area contributed by atoms with Crippen molar-refractivity contribution in [1.82, 2.24) is 15.3 Å². The van der Waals surface area contributed by atoms with E-state index in [0.717, 1.165) is 22.0 Å². The molecular formula is C20H22N4OS. The fourth-order valence-electron chi connectivity index (χ4n) is 2.64. The number of aryl methyl sites for hydroxylation is 2. The lowest BCUT2D eigenvalue weighted by Crippen LogP contribution is -2.23. The molecule has 1 aromatic carbocycles. The van der Waals surface area contributed by atoms with E-state index in [9.17, 15) is 4.79 Å². The van der Waals surface area contributed by atoms with Crippen LogP contribution >= 0.6 is 11.3 Å². The maximum Gasteiger partial charge on any atom is 0.271 e. The number of anilines is 1. The largest absolute Gasteiger partial charge is 0.363 e. The molecule has 0 unspecified atom stereocenters. The molecule has 3 rings (SSSR count). The molecule has 2 aromatic heterocycles. The first-order chi connectivity index (χ1) is 12.4. The zero-order valence-electron chi connectivity index (χ0n) is 15.4. The van der Waals surface area contributed by atoms with Crippen LogP contribution in [0, 0.1) is 13.8 Å². The Bertz CT molecular complexity index is 933. The van der Waals surface area contributed by atoms with Gasteiger partial charge in [-0.25, -0.2) is 9.97 Å². The van der Waals surface area contributed by atoms with Gasteiger partial charge in [0.15, 0.2) is 0 Å². The van der Waals surface area contributed by atoms with Crippen molar-refractivity contribution in [3.63, 3.8) is 0 Å². The standard InChI is InChI=1S/C20H22N4OS/c1-13-5-6-16(14(2)9-13)20-23-17(12-26-20)19(25)22-11-15-7-8-21-18(10-15)24(3)4/h5-10,12H,11H2,1-4H3,(H,22,25). The minimum atomic E-state index is -0.166. The molecule has 3 aromatic rings. The van der Waals surface area contributed by atoms with Crippen molar-refractivity contribution in [2.24, 2.45) is 0 Å². The smallest absolute Gasteiger partial charge is 0.271 e. The lowest BCUT2D eigenvalue weighted by molar-refractivity contribution is 0.0946. The SMILES string of the molecule is Cc1ccc(-c2nc(C(=O)NCc3ccnc(N(C)C)c3)cs2)c(C)c1. The van der Waals surface area contributed by atoms with Crippen molar-refractivity contribution >= 4 is 23.1 Å². The predicted octanol–water partition coefficient (Wildman–Crippen LogP) is 3.82. The third-order valence-corrected chi connectivity index (χ3v) is 4.95. The third-order valence-electron chi connectivity index (χ3n) is 4.07. The number of nitrogens with one attached hydrogen (secondary N) is 1. The molecule has 0 aliphatic carbocycles. The van der Waals surface area contributed by atoms with Crippen LogP contribution in [-0.4, -0.2) is 30.0 Å². The van der Waals surface area contributed by atoms with E-state index in [1.807, 2.05) is 36.5 Å². The number of hydrogen-bond acceptors (Lipinski definition) is 5. The number of aromatic nitrogens is 2. The van der Waals surface area contributed by atoms with Crippen LogP contribution < -0.4 is 10.2 Å². The summed E-state index contributed by atoms with van der Waals surface area (Å²) in [5, 5.41) is 5.60. The van der Waals surface area contributed by atoms with Gasteiger partial charge in [0.1, 0.15) is 16.5 Å². The van der Waals surface area contributed by atoms with Gasteiger partial charge in [0, 0.05) is 37.8 Å². The van der Waals surface area contributed by atoms with Gasteiger partial charge >= 0.3 is 0 Å². The van der Waals surface area contributed by atoms with Gasteiger partial charge in [-0.2, -0.15) is 0 Å². The van der Waals surface area contributed by atoms with E-state index in [2.05, 4.69) is 47.3 Å². The molecule has 0 saturated carbocycles. The molecule has 2 heterocycles. The molecule has 6 heteroatoms. The highest BCUT2D eigenvalue weighted by molar-refractivity contribution is 7.13. The molecule has 0 radical (unpaired) electrons. The summed E-state index contributed by atoms with van der Waals surface area (Å²) in [6.07, 6.45) is 1.75. The molecule has 0 atom stereocenters. The predicted molar refractivity (Wildman–Crippen MR) is 107 cm³/mol. The van der Waals surface area contributed by atoms with Gasteiger partial charge < -0.3 is 10.2 Å². The molecule has 0 spiro atoms. The Morgan fingerprint density at radius 2 is 2.00 bits per heavy atom. The van der Waals surface area contributed by atoms with E-state index < -0.39 is 0 Å². The average Bonchev–Trinajstić information content (AvgIpc) is 3.09. The highest BCUT2D eigenvalue weighted by Crippen LogP contribution is 2.27. The summed E-state index contributed by atoms with van der Waals surface area (Å²) in [5.74, 6) is 0.697. The molecule has 0 aliphatic heterocycles. The normalized spacial score (nSPS) is 10.6. The summed E-state index contributed by atoms with van der Waals surface area (Å²) >= 11 is 1.49. The number of pyridine rings is 1. The molecule has 0 saturated heterocycles. The first-order valence-electron chi connectivity index (χ1n) is 8.37. The summed E-state index contributed by atoms with van der Waals surface area (Å²) in [6.45, 7) is 4.58. The Balaban J connectivity index is 1.69. The maximum atomic E-state index is 12.4. The number of carbonyl (C=O) groups excluding carboxylic acids is 1. The third kappa shape index (κ3) is 4.08. The van der Waals surface area contributed by atoms with Gasteiger partial charge in [-0.05, 0) is 37.1 Å². The van der Waals surface area contributed by atoms with Crippen LogP contribution in [0.3, 0.4) is 0 Å². The van der Waals surface area contributed by atoms with Gasteiger partial charge in [-0.3, -0.25) is 4.79 Å². The number of benzene rings is 1. The molecule has 134 valence electrons. The van der Waals surface area contributed by atoms with Crippen molar-refractivity contribution in [3.05, 3.63) is 64.3 Å². The van der Waals surface area contributed by atoms with Crippen molar-refractivity contribution < 1.29 is 4.79 Å². The second kappa shape index (κ2) is 7.66. The topological polar surface area (TPSA) is 58.1 Å². The lowest BCUT2D eigenvalue weighted by atomic mass is 10.1. The Hall–Kier alpha value is -2.73. The molecule has 5 nitrogen and oxygen atoms in total. The van der Waals surface area contributed by atoms with Gasteiger partial charge in [0.25, 0.3) is 5.91 Å². The van der Waals surface area contributed by atoms with Gasteiger partial charge in [0.05, 0.1) is 0 Å². The second-order valence-corrected chi connectivity index (χ2v) is 7.31. The highest BCUT2D eigenvalue weighted by atomic mass is 32.1. The fourth-order valence-corrected chi connectivity index (χ4v) is 3.53. The Morgan fingerprint density at radius 1 is 1.19 bits per heavy atom. The number of hydrogen-bond donors (Lipinski definition) is 1. The van der Waals surface area contributed by atoms with Crippen molar-refractivity contribution in [1.29, 1.82) is 0 Å². The van der Waals surface area contributed by atoms with Crippen molar-refractivity contribution in [2.75, 3.05) is 19.0 Å². The van der Waals surface area contributed by atoms with E-state index in [0.29, 0.717) is 12.2 Å². The molecule has 0 bridgehead atoms. The Morgan fingerprint density at radius 3 is 2.73 bits per heavy atom. The van der Waals surface area contributed by atoms with Crippen LogP contribution in [0.15, 0.2) is 41.9 Å². The monoisotopic (exact) mass is 366 g/mol. The summed E-state index contributed by atoms with van der Waals surface area (Å²) in [6, 6.07) is 10.1. The summed E-state index contributed by atoms with van der Waals surface area (Å²) in [4.78, 5) is 23.2. The van der Waals surface area contributed by atoms with Crippen LogP contribution in [0.4, 0.5) is 5.82 Å². The number of amides is 1. The van der Waals surface area contributed by atoms with Crippen LogP contribution in [0.1, 0.15) is 27.2 Å². The fraction of sp³-hybridized carbons (Fsp3) is 0.250. The molecule has 1 amide bonds. The van der Waals surface area contributed by atoms with E-state index in [4.69, 9.17) is 0 Å². The zero-order valence-corrected chi connectivity index (χ0v) is 16.2. The summed E-state index contributed by atoms with van der Waals surface area (Å²) in [5.41, 5.74) is 4.91. The first kappa shape index (κ1) is 18.1. The number of rotatable bonds is 5. The van der Waals surface area contributed by atoms with Gasteiger partial charge in [0.2, 0.25) is 0 Å². The highest BCUT2D eigenvalue weighted by Gasteiger charge is 2.13. The lowest BCUT2D eigenvalue weighted by Gasteiger charge is -2.12. The minimum absolute atomic E-state index is 0.166. The van der Waals surface area contributed by atoms with E-state index in [1.54, 1.807) is 6.20 Å². The first-order valence-corrected chi connectivity index (χ1v) is 9.25. The molecule has 0 aliphatic rings.